The van der Waals surface area contributed by atoms with Crippen LogP contribution in [0.15, 0.2) is 58.2 Å². The second kappa shape index (κ2) is 10.4. The molecular weight excluding hydrogens is 469 g/mol. The first-order valence-electron chi connectivity index (χ1n) is 10.7. The van der Waals surface area contributed by atoms with Gasteiger partial charge in [-0.15, -0.1) is 10.2 Å². The number of nitrogens with zero attached hydrogens (tertiary/aromatic N) is 4. The van der Waals surface area contributed by atoms with Crippen molar-refractivity contribution in [3.05, 3.63) is 82.6 Å². The summed E-state index contributed by atoms with van der Waals surface area (Å²) in [5.41, 5.74) is 3.26. The van der Waals surface area contributed by atoms with Gasteiger partial charge in [0.25, 0.3) is 5.22 Å². The van der Waals surface area contributed by atoms with E-state index >= 15 is 0 Å². The van der Waals surface area contributed by atoms with Gasteiger partial charge in [0.1, 0.15) is 23.5 Å². The number of thioether (sulfide) groups is 1. The first kappa shape index (κ1) is 24.0. The Bertz CT molecular complexity index is 1410. The van der Waals surface area contributed by atoms with E-state index in [1.807, 2.05) is 31.2 Å². The Morgan fingerprint density at radius 3 is 2.69 bits per heavy atom. The third kappa shape index (κ3) is 5.36. The number of anilines is 1. The molecule has 1 N–H and O–H groups in total. The molecule has 0 atom stereocenters. The molecular formula is C25H22FN5O3S. The number of aromatic nitrogens is 3. The van der Waals surface area contributed by atoms with Gasteiger partial charge in [-0.25, -0.2) is 4.39 Å². The van der Waals surface area contributed by atoms with E-state index in [1.54, 1.807) is 30.7 Å². The molecule has 0 aliphatic carbocycles. The highest BCUT2D eigenvalue weighted by molar-refractivity contribution is 7.99. The molecule has 1 amide bonds. The summed E-state index contributed by atoms with van der Waals surface area (Å²) in [6, 6.07) is 15.6. The average molecular weight is 492 g/mol. The van der Waals surface area contributed by atoms with Crippen molar-refractivity contribution in [3.8, 4) is 17.5 Å². The summed E-state index contributed by atoms with van der Waals surface area (Å²) >= 11 is 1.09. The predicted octanol–water partition coefficient (Wildman–Crippen LogP) is 4.82. The zero-order chi connectivity index (χ0) is 24.9. The molecule has 35 heavy (non-hydrogen) atoms. The number of nitrogens with one attached hydrogen (secondary N) is 1. The lowest BCUT2D eigenvalue weighted by atomic mass is 10.1. The van der Waals surface area contributed by atoms with E-state index in [4.69, 9.17) is 9.15 Å². The van der Waals surface area contributed by atoms with Crippen LogP contribution in [-0.2, 0) is 11.2 Å². The lowest BCUT2D eigenvalue weighted by Gasteiger charge is -2.13. The van der Waals surface area contributed by atoms with Crippen LogP contribution in [0.2, 0.25) is 0 Å². The third-order valence-electron chi connectivity index (χ3n) is 5.44. The number of carbonyl (C=O) groups is 1. The highest BCUT2D eigenvalue weighted by Crippen LogP contribution is 2.30. The molecule has 0 aliphatic rings. The fraction of sp³-hybridized carbons (Fsp3) is 0.200. The van der Waals surface area contributed by atoms with Crippen molar-refractivity contribution in [2.75, 3.05) is 18.2 Å². The molecule has 0 bridgehead atoms. The van der Waals surface area contributed by atoms with Crippen molar-refractivity contribution in [1.82, 2.24) is 14.8 Å². The Morgan fingerprint density at radius 1 is 1.23 bits per heavy atom. The van der Waals surface area contributed by atoms with E-state index in [0.29, 0.717) is 34.9 Å². The molecule has 178 valence electrons. The number of rotatable bonds is 8. The molecule has 8 nitrogen and oxygen atoms in total. The van der Waals surface area contributed by atoms with Crippen molar-refractivity contribution in [3.63, 3.8) is 0 Å². The average Bonchev–Trinajstić information content (AvgIpc) is 3.39. The number of halogens is 1. The van der Waals surface area contributed by atoms with Crippen LogP contribution in [0.1, 0.15) is 28.3 Å². The lowest BCUT2D eigenvalue weighted by molar-refractivity contribution is -0.113. The van der Waals surface area contributed by atoms with Gasteiger partial charge in [0.15, 0.2) is 0 Å². The molecule has 0 aliphatic heterocycles. The maximum atomic E-state index is 13.9. The van der Waals surface area contributed by atoms with E-state index in [1.165, 1.54) is 12.1 Å². The number of carbonyl (C=O) groups excluding carboxylic acids is 1. The number of benzene rings is 2. The van der Waals surface area contributed by atoms with Crippen LogP contribution in [0.5, 0.6) is 5.75 Å². The molecule has 2 aromatic heterocycles. The molecule has 10 heteroatoms. The fourth-order valence-corrected chi connectivity index (χ4v) is 4.16. The Morgan fingerprint density at radius 2 is 2.00 bits per heavy atom. The Hall–Kier alpha value is -4.10. The maximum absolute atomic E-state index is 13.9. The number of methoxy groups -OCH3 is 1. The molecule has 0 fully saturated rings. The number of hydrogen-bond donors (Lipinski definition) is 1. The second-order valence-corrected chi connectivity index (χ2v) is 8.61. The number of hydrogen-bond acceptors (Lipinski definition) is 7. The van der Waals surface area contributed by atoms with Crippen LogP contribution in [0.25, 0.3) is 5.69 Å². The molecule has 0 radical (unpaired) electrons. The molecule has 0 saturated carbocycles. The van der Waals surface area contributed by atoms with E-state index in [-0.39, 0.29) is 16.9 Å². The summed E-state index contributed by atoms with van der Waals surface area (Å²) < 4.78 is 26.3. The fourth-order valence-electron chi connectivity index (χ4n) is 3.58. The summed E-state index contributed by atoms with van der Waals surface area (Å²) in [6.45, 7) is 3.60. The van der Waals surface area contributed by atoms with Gasteiger partial charge < -0.3 is 14.5 Å². The smallest absolute Gasteiger partial charge is 0.277 e. The van der Waals surface area contributed by atoms with Crippen molar-refractivity contribution >= 4 is 23.5 Å². The van der Waals surface area contributed by atoms with Crippen LogP contribution in [0, 0.1) is 31.0 Å². The predicted molar refractivity (Wildman–Crippen MR) is 129 cm³/mol. The van der Waals surface area contributed by atoms with Gasteiger partial charge in [-0.3, -0.25) is 9.36 Å². The third-order valence-corrected chi connectivity index (χ3v) is 6.26. The van der Waals surface area contributed by atoms with Crippen molar-refractivity contribution in [1.29, 1.82) is 5.26 Å². The first-order valence-corrected chi connectivity index (χ1v) is 11.6. The Kier molecular flexibility index (Phi) is 7.17. The van der Waals surface area contributed by atoms with Crippen LogP contribution in [-0.4, -0.2) is 33.5 Å². The van der Waals surface area contributed by atoms with Gasteiger partial charge in [-0.05, 0) is 55.3 Å². The normalized spacial score (nSPS) is 10.7. The Labute approximate surface area is 205 Å². The van der Waals surface area contributed by atoms with Gasteiger partial charge in [-0.2, -0.15) is 5.26 Å². The van der Waals surface area contributed by atoms with Crippen LogP contribution in [0.3, 0.4) is 0 Å². The molecule has 2 heterocycles. The molecule has 0 spiro atoms. The summed E-state index contributed by atoms with van der Waals surface area (Å²) in [4.78, 5) is 12.8. The minimum absolute atomic E-state index is 0.0124. The lowest BCUT2D eigenvalue weighted by Crippen LogP contribution is -2.17. The van der Waals surface area contributed by atoms with Crippen LogP contribution >= 0.6 is 11.8 Å². The summed E-state index contributed by atoms with van der Waals surface area (Å²) in [5, 5.41) is 20.8. The molecule has 0 unspecified atom stereocenters. The van der Waals surface area contributed by atoms with Crippen LogP contribution in [0.4, 0.5) is 10.2 Å². The summed E-state index contributed by atoms with van der Waals surface area (Å²) in [6.07, 6.45) is 0.453. The zero-order valence-corrected chi connectivity index (χ0v) is 20.1. The quantitative estimate of drug-likeness (QED) is 0.352. The van der Waals surface area contributed by atoms with E-state index in [9.17, 15) is 14.4 Å². The summed E-state index contributed by atoms with van der Waals surface area (Å²) in [7, 11) is 1.61. The van der Waals surface area contributed by atoms with Crippen molar-refractivity contribution in [2.24, 2.45) is 0 Å². The number of ether oxygens (including phenoxy) is 1. The number of nitriles is 1. The van der Waals surface area contributed by atoms with Gasteiger partial charge in [0, 0.05) is 5.69 Å². The first-order chi connectivity index (χ1) is 16.9. The summed E-state index contributed by atoms with van der Waals surface area (Å²) in [5.74, 6) is 0.690. The largest absolute Gasteiger partial charge is 0.497 e. The molecule has 4 rings (SSSR count). The minimum atomic E-state index is -0.415. The van der Waals surface area contributed by atoms with E-state index in [0.717, 1.165) is 28.8 Å². The SMILES string of the molecule is COc1ccc(Cc2nnc(SCC(=O)Nc3c(C#N)c(C)c(C)n3-c3cccc(F)c3)o2)cc1. The maximum Gasteiger partial charge on any atom is 0.277 e. The van der Waals surface area contributed by atoms with Crippen molar-refractivity contribution < 1.29 is 18.3 Å². The molecule has 0 saturated heterocycles. The Balaban J connectivity index is 1.45. The van der Waals surface area contributed by atoms with Crippen LogP contribution < -0.4 is 10.1 Å². The number of amides is 1. The minimum Gasteiger partial charge on any atom is -0.497 e. The second-order valence-electron chi connectivity index (χ2n) is 7.68. The highest BCUT2D eigenvalue weighted by Gasteiger charge is 2.21. The molecule has 2 aromatic carbocycles. The standard InChI is InChI=1S/C25H22FN5O3S/c1-15-16(2)31(19-6-4-5-18(26)12-19)24(21(15)13-27)28-22(32)14-35-25-30-29-23(34-25)11-17-7-9-20(33-3)10-8-17/h4-10,12H,11,14H2,1-3H3,(H,28,32). The topological polar surface area (TPSA) is 106 Å². The van der Waals surface area contributed by atoms with E-state index < -0.39 is 5.82 Å². The zero-order valence-electron chi connectivity index (χ0n) is 19.3. The van der Waals surface area contributed by atoms with E-state index in [2.05, 4.69) is 21.6 Å². The van der Waals surface area contributed by atoms with Gasteiger partial charge in [0.05, 0.1) is 30.5 Å². The monoisotopic (exact) mass is 491 g/mol. The van der Waals surface area contributed by atoms with Crippen molar-refractivity contribution in [2.45, 2.75) is 25.5 Å². The highest BCUT2D eigenvalue weighted by atomic mass is 32.2. The van der Waals surface area contributed by atoms with Gasteiger partial charge >= 0.3 is 0 Å². The van der Waals surface area contributed by atoms with Gasteiger partial charge in [0.2, 0.25) is 11.8 Å². The molecule has 4 aromatic rings. The van der Waals surface area contributed by atoms with Gasteiger partial charge in [-0.1, -0.05) is 30.0 Å².